The molecule has 1 unspecified atom stereocenters. The van der Waals surface area contributed by atoms with E-state index in [-0.39, 0.29) is 50.9 Å². The first-order valence-electron chi connectivity index (χ1n) is 6.81. The number of nitrogens with one attached hydrogen (secondary N) is 1. The third-order valence-corrected chi connectivity index (χ3v) is 3.05. The topological polar surface area (TPSA) is 84.6 Å². The Bertz CT molecular complexity index is 440. The van der Waals surface area contributed by atoms with Crippen molar-refractivity contribution in [3.05, 3.63) is 29.3 Å². The van der Waals surface area contributed by atoms with Crippen molar-refractivity contribution in [2.75, 3.05) is 13.2 Å². The number of carbonyl (C=O) groups excluding carboxylic acids is 1. The van der Waals surface area contributed by atoms with Crippen LogP contribution in [-0.2, 0) is 4.79 Å². The fourth-order valence-electron chi connectivity index (χ4n) is 1.90. The van der Waals surface area contributed by atoms with Crippen LogP contribution in [0, 0.1) is 13.8 Å². The van der Waals surface area contributed by atoms with Crippen LogP contribution in [0.3, 0.4) is 0 Å². The highest BCUT2D eigenvalue weighted by molar-refractivity contribution is 7.59. The highest BCUT2D eigenvalue weighted by atomic mass is 35.5. The van der Waals surface area contributed by atoms with E-state index in [1.807, 2.05) is 39.0 Å². The highest BCUT2D eigenvalue weighted by Gasteiger charge is 2.15. The Hall–Kier alpha value is -0.950. The fourth-order valence-corrected chi connectivity index (χ4v) is 1.90. The summed E-state index contributed by atoms with van der Waals surface area (Å²) in [6, 6.07) is 5.14. The highest BCUT2D eigenvalue weighted by Crippen LogP contribution is 2.22. The number of aliphatic hydroxyl groups excluding tert-OH is 1. The molecule has 0 aliphatic rings. The first-order valence-corrected chi connectivity index (χ1v) is 6.81. The van der Waals surface area contributed by atoms with E-state index in [4.69, 9.17) is 15.6 Å². The summed E-state index contributed by atoms with van der Waals surface area (Å²) in [6.45, 7) is 6.12. The molecule has 0 saturated heterocycles. The molecule has 7 heteroatoms. The molecule has 1 aromatic rings. The van der Waals surface area contributed by atoms with Gasteiger partial charge in [0.15, 0.2) is 0 Å². The number of carbonyl (C=O) groups is 1. The monoisotopic (exact) mass is 350 g/mol. The van der Waals surface area contributed by atoms with E-state index in [1.165, 1.54) is 0 Å². The third kappa shape index (κ3) is 7.35. The van der Waals surface area contributed by atoms with Crippen molar-refractivity contribution in [3.63, 3.8) is 0 Å². The Morgan fingerprint density at radius 2 is 1.91 bits per heavy atom. The van der Waals surface area contributed by atoms with E-state index in [1.54, 1.807) is 0 Å². The van der Waals surface area contributed by atoms with Crippen molar-refractivity contribution in [1.29, 1.82) is 0 Å². The SMILES string of the molecule is Cc1cccc(C)c1OCC(C)NC(=O)[C@@H](N)CCO.Cl.S. The van der Waals surface area contributed by atoms with E-state index in [0.717, 1.165) is 16.9 Å². The van der Waals surface area contributed by atoms with Gasteiger partial charge in [0.25, 0.3) is 0 Å². The average molecular weight is 351 g/mol. The van der Waals surface area contributed by atoms with Crippen molar-refractivity contribution >= 4 is 31.8 Å². The predicted molar refractivity (Wildman–Crippen MR) is 96.3 cm³/mol. The van der Waals surface area contributed by atoms with Crippen LogP contribution in [0.15, 0.2) is 18.2 Å². The zero-order chi connectivity index (χ0) is 15.1. The number of hydrogen-bond acceptors (Lipinski definition) is 4. The Kier molecular flexibility index (Phi) is 12.3. The number of hydrogen-bond donors (Lipinski definition) is 3. The first kappa shape index (κ1) is 23.3. The van der Waals surface area contributed by atoms with Crippen molar-refractivity contribution in [2.45, 2.75) is 39.3 Å². The lowest BCUT2D eigenvalue weighted by Gasteiger charge is -2.19. The maximum Gasteiger partial charge on any atom is 0.237 e. The Morgan fingerprint density at radius 3 is 2.41 bits per heavy atom. The second-order valence-corrected chi connectivity index (χ2v) is 5.06. The molecule has 0 bridgehead atoms. The Morgan fingerprint density at radius 1 is 1.36 bits per heavy atom. The van der Waals surface area contributed by atoms with Crippen LogP contribution in [0.5, 0.6) is 5.75 Å². The lowest BCUT2D eigenvalue weighted by molar-refractivity contribution is -0.123. The maximum absolute atomic E-state index is 11.7. The standard InChI is InChI=1S/C15H24N2O3.ClH.H2S/c1-10-5-4-6-11(2)14(10)20-9-12(3)17-15(19)13(16)7-8-18;;/h4-6,12-13,18H,7-9,16H2,1-3H3,(H,17,19);1H;1H2/t12?,13-;;/m0../s1. The summed E-state index contributed by atoms with van der Waals surface area (Å²) in [5.41, 5.74) is 7.76. The van der Waals surface area contributed by atoms with Crippen LogP contribution in [0.2, 0.25) is 0 Å². The molecule has 0 saturated carbocycles. The summed E-state index contributed by atoms with van der Waals surface area (Å²) < 4.78 is 5.77. The molecule has 0 spiro atoms. The number of ether oxygens (including phenoxy) is 1. The molecule has 2 atom stereocenters. The molecular weight excluding hydrogens is 324 g/mol. The fraction of sp³-hybridized carbons (Fsp3) is 0.533. The molecule has 0 heterocycles. The van der Waals surface area contributed by atoms with Gasteiger partial charge in [-0.25, -0.2) is 0 Å². The maximum atomic E-state index is 11.7. The van der Waals surface area contributed by atoms with E-state index in [2.05, 4.69) is 5.32 Å². The third-order valence-electron chi connectivity index (χ3n) is 3.05. The summed E-state index contributed by atoms with van der Waals surface area (Å²) in [5.74, 6) is 0.588. The van der Waals surface area contributed by atoms with Crippen molar-refractivity contribution in [3.8, 4) is 5.75 Å². The largest absolute Gasteiger partial charge is 0.491 e. The quantitative estimate of drug-likeness (QED) is 0.694. The molecule has 4 N–H and O–H groups in total. The van der Waals surface area contributed by atoms with Gasteiger partial charge < -0.3 is 20.9 Å². The van der Waals surface area contributed by atoms with Crippen LogP contribution in [-0.4, -0.2) is 36.3 Å². The Labute approximate surface area is 145 Å². The number of halogens is 1. The second-order valence-electron chi connectivity index (χ2n) is 5.06. The number of rotatable bonds is 7. The smallest absolute Gasteiger partial charge is 0.237 e. The lowest BCUT2D eigenvalue weighted by Crippen LogP contribution is -2.46. The van der Waals surface area contributed by atoms with Crippen molar-refractivity contribution in [2.24, 2.45) is 5.73 Å². The van der Waals surface area contributed by atoms with Gasteiger partial charge in [0, 0.05) is 6.61 Å². The lowest BCUT2D eigenvalue weighted by atomic mass is 10.1. The zero-order valence-corrected chi connectivity index (χ0v) is 15.1. The number of aliphatic hydroxyl groups is 1. The average Bonchev–Trinajstić information content (AvgIpc) is 2.38. The number of nitrogens with two attached hydrogens (primary N) is 1. The molecule has 22 heavy (non-hydrogen) atoms. The minimum Gasteiger partial charge on any atom is -0.491 e. The summed E-state index contributed by atoms with van der Waals surface area (Å²) in [7, 11) is 0. The van der Waals surface area contributed by atoms with Gasteiger partial charge >= 0.3 is 0 Å². The van der Waals surface area contributed by atoms with E-state index < -0.39 is 6.04 Å². The van der Waals surface area contributed by atoms with Gasteiger partial charge in [0.05, 0.1) is 12.1 Å². The van der Waals surface area contributed by atoms with Crippen LogP contribution in [0.4, 0.5) is 0 Å². The van der Waals surface area contributed by atoms with Crippen molar-refractivity contribution < 1.29 is 14.6 Å². The normalized spacial score (nSPS) is 12.4. The minimum absolute atomic E-state index is 0. The molecule has 128 valence electrons. The van der Waals surface area contributed by atoms with Crippen LogP contribution < -0.4 is 15.8 Å². The Balaban J connectivity index is 0. The van der Waals surface area contributed by atoms with Gasteiger partial charge in [0.2, 0.25) is 5.91 Å². The van der Waals surface area contributed by atoms with E-state index >= 15 is 0 Å². The van der Waals surface area contributed by atoms with Gasteiger partial charge in [0.1, 0.15) is 12.4 Å². The number of aryl methyl sites for hydroxylation is 2. The molecule has 1 aromatic carbocycles. The zero-order valence-electron chi connectivity index (χ0n) is 13.3. The van der Waals surface area contributed by atoms with E-state index in [0.29, 0.717) is 6.61 Å². The van der Waals surface area contributed by atoms with Gasteiger partial charge in [-0.1, -0.05) is 18.2 Å². The number of benzene rings is 1. The van der Waals surface area contributed by atoms with Gasteiger partial charge in [-0.3, -0.25) is 4.79 Å². The van der Waals surface area contributed by atoms with Gasteiger partial charge in [-0.2, -0.15) is 13.5 Å². The molecule has 1 amide bonds. The molecule has 0 aliphatic heterocycles. The van der Waals surface area contributed by atoms with Crippen LogP contribution >= 0.6 is 25.9 Å². The molecule has 0 radical (unpaired) electrons. The molecule has 0 fully saturated rings. The summed E-state index contributed by atoms with van der Waals surface area (Å²) in [5, 5.41) is 11.5. The van der Waals surface area contributed by atoms with Gasteiger partial charge in [-0.15, -0.1) is 12.4 Å². The molecule has 1 rings (SSSR count). The minimum atomic E-state index is -0.678. The second kappa shape index (κ2) is 11.6. The number of amides is 1. The molecule has 0 aromatic heterocycles. The van der Waals surface area contributed by atoms with E-state index in [9.17, 15) is 4.79 Å². The first-order chi connectivity index (χ1) is 9.45. The predicted octanol–water partition coefficient (Wildman–Crippen LogP) is 1.43. The molecule has 0 aliphatic carbocycles. The summed E-state index contributed by atoms with van der Waals surface area (Å²) >= 11 is 0. The molecule has 5 nitrogen and oxygen atoms in total. The summed E-state index contributed by atoms with van der Waals surface area (Å²) in [6.07, 6.45) is 0.260. The number of para-hydroxylation sites is 1. The van der Waals surface area contributed by atoms with Crippen molar-refractivity contribution in [1.82, 2.24) is 5.32 Å². The molecular formula is C15H27ClN2O3S. The van der Waals surface area contributed by atoms with Crippen LogP contribution in [0.1, 0.15) is 24.5 Å². The van der Waals surface area contributed by atoms with Gasteiger partial charge in [-0.05, 0) is 38.3 Å². The summed E-state index contributed by atoms with van der Waals surface area (Å²) in [4.78, 5) is 11.7. The van der Waals surface area contributed by atoms with Crippen LogP contribution in [0.25, 0.3) is 0 Å².